The lowest BCUT2D eigenvalue weighted by molar-refractivity contribution is -0.123. The van der Waals surface area contributed by atoms with Gasteiger partial charge in [-0.3, -0.25) is 4.79 Å². The van der Waals surface area contributed by atoms with Gasteiger partial charge in [0.05, 0.1) is 6.10 Å². The molecule has 0 bridgehead atoms. The Bertz CT molecular complexity index is 683. The summed E-state index contributed by atoms with van der Waals surface area (Å²) >= 11 is 0. The number of hydrogen-bond donors (Lipinski definition) is 1. The minimum Gasteiger partial charge on any atom is -0.484 e. The second-order valence-electron chi connectivity index (χ2n) is 6.55. The Labute approximate surface area is 160 Å². The van der Waals surface area contributed by atoms with Crippen molar-refractivity contribution in [3.8, 4) is 17.1 Å². The van der Waals surface area contributed by atoms with Crippen molar-refractivity contribution in [3.05, 3.63) is 30.2 Å². The number of benzene rings is 1. The van der Waals surface area contributed by atoms with E-state index < -0.39 is 0 Å². The summed E-state index contributed by atoms with van der Waals surface area (Å²) in [5, 5.41) is 6.81. The zero-order valence-corrected chi connectivity index (χ0v) is 16.4. The molecule has 1 heterocycles. The average Bonchev–Trinajstić information content (AvgIpc) is 3.13. The molecule has 1 amide bonds. The summed E-state index contributed by atoms with van der Waals surface area (Å²) in [7, 11) is 0. The molecule has 0 unspecified atom stereocenters. The van der Waals surface area contributed by atoms with E-state index in [2.05, 4.69) is 22.4 Å². The molecule has 0 atom stereocenters. The third kappa shape index (κ3) is 7.78. The van der Waals surface area contributed by atoms with Crippen molar-refractivity contribution >= 4 is 5.91 Å². The average molecular weight is 375 g/mol. The number of aromatic nitrogens is 2. The Kier molecular flexibility index (Phi) is 8.77. The van der Waals surface area contributed by atoms with Crippen LogP contribution in [0.25, 0.3) is 11.4 Å². The molecule has 1 aromatic heterocycles. The van der Waals surface area contributed by atoms with Gasteiger partial charge in [-0.15, -0.1) is 0 Å². The monoisotopic (exact) mass is 375 g/mol. The van der Waals surface area contributed by atoms with Crippen LogP contribution in [0, 0.1) is 0 Å². The van der Waals surface area contributed by atoms with Crippen molar-refractivity contribution in [3.63, 3.8) is 0 Å². The molecule has 0 aliphatic carbocycles. The van der Waals surface area contributed by atoms with Gasteiger partial charge in [-0.05, 0) is 51.0 Å². The van der Waals surface area contributed by atoms with E-state index in [4.69, 9.17) is 14.0 Å². The lowest BCUT2D eigenvalue weighted by atomic mass is 10.2. The molecule has 2 rings (SSSR count). The highest BCUT2D eigenvalue weighted by Crippen LogP contribution is 2.20. The largest absolute Gasteiger partial charge is 0.484 e. The summed E-state index contributed by atoms with van der Waals surface area (Å²) in [6.45, 7) is 7.29. The maximum Gasteiger partial charge on any atom is 0.257 e. The maximum atomic E-state index is 11.8. The number of nitrogens with zero attached hydrogens (tertiary/aromatic N) is 2. The molecule has 1 N–H and O–H groups in total. The maximum absolute atomic E-state index is 11.8. The predicted octanol–water partition coefficient (Wildman–Crippen LogP) is 3.39. The van der Waals surface area contributed by atoms with Crippen LogP contribution < -0.4 is 10.1 Å². The molecule has 0 saturated heterocycles. The second-order valence-corrected chi connectivity index (χ2v) is 6.55. The molecule has 148 valence electrons. The van der Waals surface area contributed by atoms with Crippen molar-refractivity contribution < 1.29 is 18.8 Å². The van der Waals surface area contributed by atoms with E-state index in [1.807, 2.05) is 26.0 Å². The quantitative estimate of drug-likeness (QED) is 0.572. The van der Waals surface area contributed by atoms with Gasteiger partial charge < -0.3 is 19.3 Å². The summed E-state index contributed by atoms with van der Waals surface area (Å²) in [6, 6.07) is 7.29. The zero-order chi connectivity index (χ0) is 19.5. The van der Waals surface area contributed by atoms with Crippen molar-refractivity contribution in [2.24, 2.45) is 0 Å². The molecule has 7 nitrogen and oxygen atoms in total. The first-order valence-electron chi connectivity index (χ1n) is 9.52. The summed E-state index contributed by atoms with van der Waals surface area (Å²) < 4.78 is 16.2. The number of nitrogens with one attached hydrogen (secondary N) is 1. The third-order valence-corrected chi connectivity index (χ3v) is 3.79. The van der Waals surface area contributed by atoms with Gasteiger partial charge in [-0.25, -0.2) is 0 Å². The van der Waals surface area contributed by atoms with Crippen molar-refractivity contribution in [1.82, 2.24) is 15.5 Å². The molecular weight excluding hydrogens is 346 g/mol. The number of hydrogen-bond acceptors (Lipinski definition) is 6. The molecule has 0 radical (unpaired) electrons. The number of carbonyl (C=O) groups is 1. The Morgan fingerprint density at radius 3 is 2.70 bits per heavy atom. The van der Waals surface area contributed by atoms with Gasteiger partial charge in [0, 0.05) is 25.1 Å². The van der Waals surface area contributed by atoms with Gasteiger partial charge >= 0.3 is 0 Å². The highest BCUT2D eigenvalue weighted by molar-refractivity contribution is 5.77. The molecule has 0 aliphatic heterocycles. The molecule has 0 spiro atoms. The molecular formula is C20H29N3O4. The topological polar surface area (TPSA) is 86.5 Å². The summed E-state index contributed by atoms with van der Waals surface area (Å²) in [5.74, 6) is 1.69. The molecule has 2 aromatic rings. The van der Waals surface area contributed by atoms with Crippen LogP contribution in [0.15, 0.2) is 28.8 Å². The lowest BCUT2D eigenvalue weighted by Crippen LogP contribution is -2.30. The van der Waals surface area contributed by atoms with E-state index in [0.717, 1.165) is 31.2 Å². The minimum atomic E-state index is -0.151. The second kappa shape index (κ2) is 11.3. The van der Waals surface area contributed by atoms with E-state index in [-0.39, 0.29) is 18.6 Å². The van der Waals surface area contributed by atoms with Crippen LogP contribution in [0.1, 0.15) is 45.9 Å². The van der Waals surface area contributed by atoms with Crippen LogP contribution in [0.2, 0.25) is 0 Å². The number of carbonyl (C=O) groups excluding carboxylic acids is 1. The van der Waals surface area contributed by atoms with E-state index in [1.165, 1.54) is 0 Å². The fraction of sp³-hybridized carbons (Fsp3) is 0.550. The normalized spacial score (nSPS) is 11.0. The van der Waals surface area contributed by atoms with Crippen LogP contribution in [0.4, 0.5) is 0 Å². The molecule has 27 heavy (non-hydrogen) atoms. The van der Waals surface area contributed by atoms with Crippen LogP contribution in [-0.2, 0) is 16.0 Å². The molecule has 0 fully saturated rings. The number of rotatable bonds is 12. The van der Waals surface area contributed by atoms with Crippen LogP contribution >= 0.6 is 0 Å². The van der Waals surface area contributed by atoms with E-state index >= 15 is 0 Å². The van der Waals surface area contributed by atoms with Crippen LogP contribution in [-0.4, -0.2) is 41.9 Å². The molecule has 1 aromatic carbocycles. The fourth-order valence-electron chi connectivity index (χ4n) is 2.32. The van der Waals surface area contributed by atoms with E-state index in [9.17, 15) is 4.79 Å². The molecule has 7 heteroatoms. The zero-order valence-electron chi connectivity index (χ0n) is 16.4. The van der Waals surface area contributed by atoms with E-state index in [1.54, 1.807) is 12.1 Å². The van der Waals surface area contributed by atoms with Gasteiger partial charge in [-0.1, -0.05) is 18.5 Å². The highest BCUT2D eigenvalue weighted by atomic mass is 16.5. The Morgan fingerprint density at radius 2 is 2.00 bits per heavy atom. The number of aryl methyl sites for hydroxylation is 1. The van der Waals surface area contributed by atoms with E-state index in [0.29, 0.717) is 30.6 Å². The molecule has 0 saturated carbocycles. The lowest BCUT2D eigenvalue weighted by Gasteiger charge is -2.09. The minimum absolute atomic E-state index is 0.0201. The van der Waals surface area contributed by atoms with Crippen molar-refractivity contribution in [2.75, 3.05) is 19.8 Å². The standard InChI is InChI=1S/C20H29N3O4/c1-4-5-7-19-22-20(23-27-19)16-8-10-17(11-9-16)26-14-18(24)21-12-6-13-25-15(2)3/h8-11,15H,4-7,12-14H2,1-3H3,(H,21,24). The molecule has 0 aliphatic rings. The number of amides is 1. The fourth-order valence-corrected chi connectivity index (χ4v) is 2.32. The van der Waals surface area contributed by atoms with Gasteiger partial charge in [-0.2, -0.15) is 4.98 Å². The van der Waals surface area contributed by atoms with Gasteiger partial charge in [0.1, 0.15) is 5.75 Å². The van der Waals surface area contributed by atoms with Gasteiger partial charge in [0.15, 0.2) is 6.61 Å². The first kappa shape index (κ1) is 20.9. The Balaban J connectivity index is 1.72. The van der Waals surface area contributed by atoms with Crippen molar-refractivity contribution in [2.45, 2.75) is 52.6 Å². The Morgan fingerprint density at radius 1 is 1.22 bits per heavy atom. The Hall–Kier alpha value is -2.41. The highest BCUT2D eigenvalue weighted by Gasteiger charge is 2.09. The van der Waals surface area contributed by atoms with Gasteiger partial charge in [0.2, 0.25) is 11.7 Å². The summed E-state index contributed by atoms with van der Waals surface area (Å²) in [4.78, 5) is 16.2. The summed E-state index contributed by atoms with van der Waals surface area (Å²) in [5.41, 5.74) is 0.850. The van der Waals surface area contributed by atoms with Gasteiger partial charge in [0.25, 0.3) is 5.91 Å². The van der Waals surface area contributed by atoms with Crippen LogP contribution in [0.3, 0.4) is 0 Å². The van der Waals surface area contributed by atoms with Crippen LogP contribution in [0.5, 0.6) is 5.75 Å². The van der Waals surface area contributed by atoms with Crippen molar-refractivity contribution in [1.29, 1.82) is 0 Å². The SMILES string of the molecule is CCCCc1nc(-c2ccc(OCC(=O)NCCCOC(C)C)cc2)no1. The first-order chi connectivity index (χ1) is 13.1. The number of unbranched alkanes of at least 4 members (excludes halogenated alkanes) is 1. The predicted molar refractivity (Wildman–Crippen MR) is 103 cm³/mol. The summed E-state index contributed by atoms with van der Waals surface area (Å²) in [6.07, 6.45) is 3.90. The smallest absolute Gasteiger partial charge is 0.257 e. The first-order valence-corrected chi connectivity index (χ1v) is 9.52. The number of ether oxygens (including phenoxy) is 2. The third-order valence-electron chi connectivity index (χ3n) is 3.79.